The van der Waals surface area contributed by atoms with Crippen molar-refractivity contribution < 1.29 is 4.74 Å². The Balaban J connectivity index is 2.01. The normalized spacial score (nSPS) is 23.2. The van der Waals surface area contributed by atoms with Crippen LogP contribution in [-0.4, -0.2) is 50.3 Å². The number of nitrogens with one attached hydrogen (secondary N) is 1. The molecule has 1 saturated heterocycles. The van der Waals surface area contributed by atoms with Crippen LogP contribution in [0.15, 0.2) is 0 Å². The maximum Gasteiger partial charge on any atom is 0.0509 e. The number of nitrogens with zero attached hydrogens (tertiary/aromatic N) is 1. The Labute approximate surface area is 101 Å². The maximum atomic E-state index is 5.41. The summed E-state index contributed by atoms with van der Waals surface area (Å²) in [5.41, 5.74) is 0. The van der Waals surface area contributed by atoms with E-state index in [2.05, 4.69) is 38.0 Å². The molecule has 0 radical (unpaired) electrons. The van der Waals surface area contributed by atoms with Crippen molar-refractivity contribution in [1.82, 2.24) is 10.2 Å². The zero-order valence-corrected chi connectivity index (χ0v) is 11.3. The molecule has 1 fully saturated rings. The van der Waals surface area contributed by atoms with Crippen molar-refractivity contribution in [1.29, 1.82) is 0 Å². The van der Waals surface area contributed by atoms with E-state index in [1.165, 1.54) is 19.4 Å². The first-order chi connectivity index (χ1) is 7.61. The van der Waals surface area contributed by atoms with Crippen LogP contribution in [0.4, 0.5) is 0 Å². The van der Waals surface area contributed by atoms with E-state index in [0.29, 0.717) is 12.1 Å². The highest BCUT2D eigenvalue weighted by molar-refractivity contribution is 4.75. The second-order valence-electron chi connectivity index (χ2n) is 5.29. The lowest BCUT2D eigenvalue weighted by atomic mass is 10.0. The Hall–Kier alpha value is -0.120. The van der Waals surface area contributed by atoms with Gasteiger partial charge in [-0.2, -0.15) is 0 Å². The van der Waals surface area contributed by atoms with Gasteiger partial charge >= 0.3 is 0 Å². The van der Waals surface area contributed by atoms with Gasteiger partial charge < -0.3 is 15.0 Å². The van der Waals surface area contributed by atoms with Gasteiger partial charge in [0.15, 0.2) is 0 Å². The predicted octanol–water partition coefficient (Wildman–Crippen LogP) is 1.73. The lowest BCUT2D eigenvalue weighted by molar-refractivity contribution is 0.178. The van der Waals surface area contributed by atoms with Crippen LogP contribution >= 0.6 is 0 Å². The second-order valence-corrected chi connectivity index (χ2v) is 5.29. The third-order valence-corrected chi connectivity index (χ3v) is 3.71. The zero-order chi connectivity index (χ0) is 12.0. The molecular formula is C13H28N2O. The number of hydrogen-bond donors (Lipinski definition) is 1. The van der Waals surface area contributed by atoms with Crippen LogP contribution in [0.1, 0.15) is 33.6 Å². The van der Waals surface area contributed by atoms with Crippen molar-refractivity contribution >= 4 is 0 Å². The molecular weight excluding hydrogens is 200 g/mol. The summed E-state index contributed by atoms with van der Waals surface area (Å²) in [5.74, 6) is 0.725. The van der Waals surface area contributed by atoms with Gasteiger partial charge in [0, 0.05) is 18.7 Å². The molecule has 2 atom stereocenters. The summed E-state index contributed by atoms with van der Waals surface area (Å²) in [5, 5.41) is 3.61. The van der Waals surface area contributed by atoms with Crippen LogP contribution in [0.3, 0.4) is 0 Å². The fourth-order valence-electron chi connectivity index (χ4n) is 2.03. The van der Waals surface area contributed by atoms with E-state index in [1.807, 2.05) is 0 Å². The van der Waals surface area contributed by atoms with Gasteiger partial charge in [-0.1, -0.05) is 0 Å². The molecule has 0 aromatic carbocycles. The van der Waals surface area contributed by atoms with Gasteiger partial charge in [-0.25, -0.2) is 0 Å². The molecule has 0 spiro atoms. The number of ether oxygens (including phenoxy) is 1. The Morgan fingerprint density at radius 1 is 1.38 bits per heavy atom. The van der Waals surface area contributed by atoms with Crippen molar-refractivity contribution in [3.05, 3.63) is 0 Å². The molecule has 0 aromatic heterocycles. The van der Waals surface area contributed by atoms with E-state index in [9.17, 15) is 0 Å². The third kappa shape index (κ3) is 4.81. The molecule has 1 aliphatic heterocycles. The van der Waals surface area contributed by atoms with Gasteiger partial charge in [0.05, 0.1) is 6.61 Å². The highest BCUT2D eigenvalue weighted by Crippen LogP contribution is 2.16. The zero-order valence-electron chi connectivity index (χ0n) is 11.3. The van der Waals surface area contributed by atoms with Crippen LogP contribution in [0.5, 0.6) is 0 Å². The van der Waals surface area contributed by atoms with Crippen LogP contribution in [0, 0.1) is 5.92 Å². The van der Waals surface area contributed by atoms with Crippen LogP contribution in [0.2, 0.25) is 0 Å². The molecule has 0 bridgehead atoms. The molecule has 1 aliphatic rings. The maximum absolute atomic E-state index is 5.41. The van der Waals surface area contributed by atoms with E-state index in [1.54, 1.807) is 0 Å². The van der Waals surface area contributed by atoms with Crippen molar-refractivity contribution in [3.8, 4) is 0 Å². The minimum atomic E-state index is 0.604. The van der Waals surface area contributed by atoms with Gasteiger partial charge in [-0.15, -0.1) is 0 Å². The van der Waals surface area contributed by atoms with Gasteiger partial charge in [-0.3, -0.25) is 0 Å². The molecule has 1 rings (SSSR count). The van der Waals surface area contributed by atoms with Gasteiger partial charge in [0.25, 0.3) is 0 Å². The van der Waals surface area contributed by atoms with Crippen LogP contribution < -0.4 is 5.32 Å². The molecule has 3 heteroatoms. The summed E-state index contributed by atoms with van der Waals surface area (Å²) in [6, 6.07) is 1.26. The number of hydrogen-bond acceptors (Lipinski definition) is 3. The first kappa shape index (κ1) is 13.9. The molecule has 2 unspecified atom stereocenters. The topological polar surface area (TPSA) is 24.5 Å². The Bertz CT molecular complexity index is 179. The molecule has 3 nitrogen and oxygen atoms in total. The van der Waals surface area contributed by atoms with Crippen LogP contribution in [0.25, 0.3) is 0 Å². The second kappa shape index (κ2) is 7.25. The predicted molar refractivity (Wildman–Crippen MR) is 68.8 cm³/mol. The molecule has 0 saturated carbocycles. The summed E-state index contributed by atoms with van der Waals surface area (Å²) < 4.78 is 5.41. The summed E-state index contributed by atoms with van der Waals surface area (Å²) in [7, 11) is 2.19. The largest absolute Gasteiger partial charge is 0.381 e. The summed E-state index contributed by atoms with van der Waals surface area (Å²) >= 11 is 0. The van der Waals surface area contributed by atoms with E-state index in [4.69, 9.17) is 4.74 Å². The Kier molecular flexibility index (Phi) is 6.32. The van der Waals surface area contributed by atoms with E-state index in [-0.39, 0.29) is 0 Å². The summed E-state index contributed by atoms with van der Waals surface area (Å²) in [6.45, 7) is 11.0. The highest BCUT2D eigenvalue weighted by atomic mass is 16.5. The lowest BCUT2D eigenvalue weighted by Crippen LogP contribution is -2.36. The Morgan fingerprint density at radius 2 is 2.12 bits per heavy atom. The summed E-state index contributed by atoms with van der Waals surface area (Å²) in [6.07, 6.45) is 2.45. The first-order valence-electron chi connectivity index (χ1n) is 6.62. The third-order valence-electron chi connectivity index (χ3n) is 3.71. The molecule has 0 amide bonds. The van der Waals surface area contributed by atoms with E-state index < -0.39 is 0 Å². The lowest BCUT2D eigenvalue weighted by Gasteiger charge is -2.23. The molecule has 1 heterocycles. The Morgan fingerprint density at radius 3 is 2.69 bits per heavy atom. The number of rotatable bonds is 7. The molecule has 0 aliphatic carbocycles. The van der Waals surface area contributed by atoms with Crippen molar-refractivity contribution in [3.63, 3.8) is 0 Å². The smallest absolute Gasteiger partial charge is 0.0509 e. The van der Waals surface area contributed by atoms with Crippen LogP contribution in [-0.2, 0) is 4.74 Å². The minimum absolute atomic E-state index is 0.604. The van der Waals surface area contributed by atoms with E-state index >= 15 is 0 Å². The first-order valence-corrected chi connectivity index (χ1v) is 6.62. The van der Waals surface area contributed by atoms with Gasteiger partial charge in [0.2, 0.25) is 0 Å². The average Bonchev–Trinajstić information content (AvgIpc) is 2.76. The summed E-state index contributed by atoms with van der Waals surface area (Å²) in [4.78, 5) is 2.39. The van der Waals surface area contributed by atoms with Crippen molar-refractivity contribution in [2.24, 2.45) is 5.92 Å². The van der Waals surface area contributed by atoms with Gasteiger partial charge in [0.1, 0.15) is 0 Å². The minimum Gasteiger partial charge on any atom is -0.381 e. The quantitative estimate of drug-likeness (QED) is 0.672. The average molecular weight is 228 g/mol. The van der Waals surface area contributed by atoms with Gasteiger partial charge in [-0.05, 0) is 59.7 Å². The monoisotopic (exact) mass is 228 g/mol. The standard InChI is InChI=1S/C13H28N2O/c1-11(2)15(4)8-5-7-14-12(3)13-6-9-16-10-13/h11-14H,5-10H2,1-4H3. The van der Waals surface area contributed by atoms with E-state index in [0.717, 1.165) is 25.7 Å². The SMILES string of the molecule is CC(NCCCN(C)C(C)C)C1CCOC1. The van der Waals surface area contributed by atoms with Crippen molar-refractivity contribution in [2.45, 2.75) is 45.7 Å². The molecule has 96 valence electrons. The highest BCUT2D eigenvalue weighted by Gasteiger charge is 2.21. The van der Waals surface area contributed by atoms with Crippen molar-refractivity contribution in [2.75, 3.05) is 33.4 Å². The fraction of sp³-hybridized carbons (Fsp3) is 1.00. The fourth-order valence-corrected chi connectivity index (χ4v) is 2.03. The molecule has 1 N–H and O–H groups in total. The molecule has 0 aromatic rings. The molecule has 16 heavy (non-hydrogen) atoms.